The molecule has 1 N–H and O–H groups in total. The lowest BCUT2D eigenvalue weighted by Crippen LogP contribution is -2.47. The van der Waals surface area contributed by atoms with Gasteiger partial charge in [-0.1, -0.05) is 18.6 Å². The predicted octanol–water partition coefficient (Wildman–Crippen LogP) is 3.12. The Labute approximate surface area is 142 Å². The molecule has 5 nitrogen and oxygen atoms in total. The van der Waals surface area contributed by atoms with Crippen molar-refractivity contribution >= 4 is 5.97 Å². The van der Waals surface area contributed by atoms with E-state index in [2.05, 4.69) is 14.9 Å². The highest BCUT2D eigenvalue weighted by Crippen LogP contribution is 2.33. The Kier molecular flexibility index (Phi) is 4.90. The Morgan fingerprint density at radius 1 is 1.25 bits per heavy atom. The van der Waals surface area contributed by atoms with Gasteiger partial charge in [-0.3, -0.25) is 19.7 Å². The zero-order valence-corrected chi connectivity index (χ0v) is 14.1. The Balaban J connectivity index is 2.09. The number of carboxylic acids is 1. The molecule has 0 amide bonds. The monoisotopic (exact) mass is 325 g/mol. The number of aromatic nitrogens is 2. The number of carboxylic acid groups (broad SMARTS) is 1. The van der Waals surface area contributed by atoms with Crippen LogP contribution in [0.3, 0.4) is 0 Å². The van der Waals surface area contributed by atoms with Crippen LogP contribution in [0, 0.1) is 13.8 Å². The van der Waals surface area contributed by atoms with Gasteiger partial charge in [-0.2, -0.15) is 0 Å². The summed E-state index contributed by atoms with van der Waals surface area (Å²) in [6.07, 6.45) is 6.22. The van der Waals surface area contributed by atoms with Gasteiger partial charge in [-0.15, -0.1) is 0 Å². The second-order valence-electron chi connectivity index (χ2n) is 6.46. The second kappa shape index (κ2) is 7.09. The number of hydrogen-bond donors (Lipinski definition) is 1. The lowest BCUT2D eigenvalue weighted by atomic mass is 9.94. The van der Waals surface area contributed by atoms with Gasteiger partial charge in [0.2, 0.25) is 0 Å². The number of pyridine rings is 2. The van der Waals surface area contributed by atoms with Gasteiger partial charge in [0.15, 0.2) is 0 Å². The number of aliphatic carboxylic acids is 1. The highest BCUT2D eigenvalue weighted by Gasteiger charge is 2.36. The Hall–Kier alpha value is -2.27. The maximum atomic E-state index is 11.8. The quantitative estimate of drug-likeness (QED) is 0.935. The molecule has 5 heteroatoms. The largest absolute Gasteiger partial charge is 0.480 e. The lowest BCUT2D eigenvalue weighted by molar-refractivity contribution is -0.145. The van der Waals surface area contributed by atoms with Gasteiger partial charge < -0.3 is 5.11 Å². The molecule has 1 aliphatic rings. The maximum absolute atomic E-state index is 11.8. The molecule has 24 heavy (non-hydrogen) atoms. The summed E-state index contributed by atoms with van der Waals surface area (Å²) in [5.74, 6) is -0.764. The Morgan fingerprint density at radius 3 is 2.75 bits per heavy atom. The minimum atomic E-state index is -0.764. The topological polar surface area (TPSA) is 66.3 Å². The van der Waals surface area contributed by atoms with Crippen molar-refractivity contribution in [3.8, 4) is 0 Å². The van der Waals surface area contributed by atoms with Crippen molar-refractivity contribution in [2.75, 3.05) is 6.54 Å². The van der Waals surface area contributed by atoms with Crippen molar-refractivity contribution in [3.63, 3.8) is 0 Å². The molecule has 0 bridgehead atoms. The van der Waals surface area contributed by atoms with Crippen LogP contribution in [-0.2, 0) is 4.79 Å². The Morgan fingerprint density at radius 2 is 2.08 bits per heavy atom. The average molecular weight is 325 g/mol. The molecular weight excluding hydrogens is 302 g/mol. The zero-order chi connectivity index (χ0) is 17.1. The van der Waals surface area contributed by atoms with Crippen LogP contribution < -0.4 is 0 Å². The molecule has 0 aromatic carbocycles. The van der Waals surface area contributed by atoms with E-state index in [1.165, 1.54) is 0 Å². The first-order valence-corrected chi connectivity index (χ1v) is 8.40. The molecule has 126 valence electrons. The summed E-state index contributed by atoms with van der Waals surface area (Å²) >= 11 is 0. The molecule has 3 rings (SSSR count). The van der Waals surface area contributed by atoms with Gasteiger partial charge in [0.1, 0.15) is 6.04 Å². The fourth-order valence-corrected chi connectivity index (χ4v) is 3.42. The van der Waals surface area contributed by atoms with Crippen molar-refractivity contribution in [2.24, 2.45) is 0 Å². The van der Waals surface area contributed by atoms with Crippen molar-refractivity contribution in [1.29, 1.82) is 0 Å². The maximum Gasteiger partial charge on any atom is 0.320 e. The third-order valence-corrected chi connectivity index (χ3v) is 4.68. The molecule has 0 spiro atoms. The molecule has 3 heterocycles. The van der Waals surface area contributed by atoms with Gasteiger partial charge >= 0.3 is 5.97 Å². The SMILES string of the molecule is Cc1ccc(C(c2ncccc2C)N2CCCCC2C(=O)O)nc1. The minimum Gasteiger partial charge on any atom is -0.480 e. The van der Waals surface area contributed by atoms with E-state index in [1.54, 1.807) is 6.20 Å². The van der Waals surface area contributed by atoms with E-state index in [0.29, 0.717) is 6.42 Å². The average Bonchev–Trinajstić information content (AvgIpc) is 2.59. The van der Waals surface area contributed by atoms with Crippen molar-refractivity contribution in [3.05, 3.63) is 59.2 Å². The highest BCUT2D eigenvalue weighted by atomic mass is 16.4. The van der Waals surface area contributed by atoms with Crippen molar-refractivity contribution < 1.29 is 9.90 Å². The van der Waals surface area contributed by atoms with Crippen LogP contribution in [0.15, 0.2) is 36.7 Å². The number of hydrogen-bond acceptors (Lipinski definition) is 4. The normalized spacial score (nSPS) is 19.8. The van der Waals surface area contributed by atoms with Gasteiger partial charge in [-0.05, 0) is 49.9 Å². The summed E-state index contributed by atoms with van der Waals surface area (Å²) in [4.78, 5) is 23.0. The third kappa shape index (κ3) is 3.31. The smallest absolute Gasteiger partial charge is 0.320 e. The van der Waals surface area contributed by atoms with E-state index in [4.69, 9.17) is 0 Å². The molecule has 1 aliphatic heterocycles. The number of nitrogens with zero attached hydrogens (tertiary/aromatic N) is 3. The summed E-state index contributed by atoms with van der Waals surface area (Å²) in [5, 5.41) is 9.68. The van der Waals surface area contributed by atoms with Crippen molar-refractivity contribution in [1.82, 2.24) is 14.9 Å². The van der Waals surface area contributed by atoms with Gasteiger partial charge in [0.05, 0.1) is 17.4 Å². The molecule has 2 aromatic rings. The van der Waals surface area contributed by atoms with E-state index < -0.39 is 12.0 Å². The summed E-state index contributed by atoms with van der Waals surface area (Å²) < 4.78 is 0. The highest BCUT2D eigenvalue weighted by molar-refractivity contribution is 5.73. The molecule has 0 aliphatic carbocycles. The fraction of sp³-hybridized carbons (Fsp3) is 0.421. The number of rotatable bonds is 4. The van der Waals surface area contributed by atoms with Crippen LogP contribution in [0.1, 0.15) is 47.8 Å². The summed E-state index contributed by atoms with van der Waals surface area (Å²) in [6, 6.07) is 7.21. The summed E-state index contributed by atoms with van der Waals surface area (Å²) in [6.45, 7) is 4.76. The second-order valence-corrected chi connectivity index (χ2v) is 6.46. The number of aryl methyl sites for hydroxylation is 2. The zero-order valence-electron chi connectivity index (χ0n) is 14.1. The van der Waals surface area contributed by atoms with Crippen LogP contribution >= 0.6 is 0 Å². The number of likely N-dealkylation sites (tertiary alicyclic amines) is 1. The molecule has 0 radical (unpaired) electrons. The molecule has 2 unspecified atom stereocenters. The molecule has 2 atom stereocenters. The molecule has 2 aromatic heterocycles. The first-order chi connectivity index (χ1) is 11.6. The van der Waals surface area contributed by atoms with E-state index in [1.807, 2.05) is 44.3 Å². The fourth-order valence-electron chi connectivity index (χ4n) is 3.42. The third-order valence-electron chi connectivity index (χ3n) is 4.68. The van der Waals surface area contributed by atoms with Crippen LogP contribution in [0.5, 0.6) is 0 Å². The number of carbonyl (C=O) groups is 1. The molecular formula is C19H23N3O2. The summed E-state index contributed by atoms with van der Waals surface area (Å²) in [7, 11) is 0. The van der Waals surface area contributed by atoms with E-state index in [9.17, 15) is 9.90 Å². The minimum absolute atomic E-state index is 0.229. The van der Waals surface area contributed by atoms with Gasteiger partial charge in [-0.25, -0.2) is 0 Å². The van der Waals surface area contributed by atoms with Crippen molar-refractivity contribution in [2.45, 2.75) is 45.2 Å². The van der Waals surface area contributed by atoms with Crippen LogP contribution in [0.4, 0.5) is 0 Å². The first kappa shape index (κ1) is 16.6. The van der Waals surface area contributed by atoms with Crippen LogP contribution in [-0.4, -0.2) is 38.5 Å². The standard InChI is InChI=1S/C19H23N3O2/c1-13-8-9-15(21-12-13)18(17-14(2)6-5-10-20-17)22-11-4-3-7-16(22)19(23)24/h5-6,8-10,12,16,18H,3-4,7,11H2,1-2H3,(H,23,24). The van der Waals surface area contributed by atoms with E-state index in [-0.39, 0.29) is 6.04 Å². The van der Waals surface area contributed by atoms with E-state index >= 15 is 0 Å². The molecule has 1 fully saturated rings. The van der Waals surface area contributed by atoms with Crippen LogP contribution in [0.25, 0.3) is 0 Å². The number of piperidine rings is 1. The molecule has 0 saturated carbocycles. The van der Waals surface area contributed by atoms with Gasteiger partial charge in [0, 0.05) is 18.9 Å². The first-order valence-electron chi connectivity index (χ1n) is 8.40. The lowest BCUT2D eigenvalue weighted by Gasteiger charge is -2.39. The predicted molar refractivity (Wildman–Crippen MR) is 91.8 cm³/mol. The van der Waals surface area contributed by atoms with Crippen LogP contribution in [0.2, 0.25) is 0 Å². The van der Waals surface area contributed by atoms with E-state index in [0.717, 1.165) is 41.9 Å². The Bertz CT molecular complexity index is 715. The molecule has 1 saturated heterocycles. The van der Waals surface area contributed by atoms with Gasteiger partial charge in [0.25, 0.3) is 0 Å². The summed E-state index contributed by atoms with van der Waals surface area (Å²) in [5.41, 5.74) is 3.89.